The summed E-state index contributed by atoms with van der Waals surface area (Å²) in [7, 11) is 0. The maximum absolute atomic E-state index is 12.5. The third kappa shape index (κ3) is 5.20. The highest BCUT2D eigenvalue weighted by Gasteiger charge is 2.33. The predicted molar refractivity (Wildman–Crippen MR) is 105 cm³/mol. The molecule has 1 saturated heterocycles. The highest BCUT2D eigenvalue weighted by atomic mass is 16.5. The summed E-state index contributed by atoms with van der Waals surface area (Å²) in [5.74, 6) is 1.24. The summed E-state index contributed by atoms with van der Waals surface area (Å²) in [6.45, 7) is 9.17. The lowest BCUT2D eigenvalue weighted by molar-refractivity contribution is -0.116. The van der Waals surface area contributed by atoms with Crippen molar-refractivity contribution in [2.24, 2.45) is 0 Å². The second-order valence-electron chi connectivity index (χ2n) is 7.49. The van der Waals surface area contributed by atoms with Gasteiger partial charge in [0.05, 0.1) is 30.1 Å². The van der Waals surface area contributed by atoms with E-state index in [0.717, 1.165) is 12.2 Å². The summed E-state index contributed by atoms with van der Waals surface area (Å²) in [6.07, 6.45) is 2.56. The van der Waals surface area contributed by atoms with Crippen LogP contribution in [-0.2, 0) is 11.2 Å². The zero-order valence-corrected chi connectivity index (χ0v) is 16.4. The molecule has 1 atom stereocenters. The van der Waals surface area contributed by atoms with Crippen LogP contribution in [0.4, 0.5) is 10.5 Å². The first-order chi connectivity index (χ1) is 12.8. The standard InChI is InChI=1S/C21H27N3O3/c1-5-16-7-6-8-18(11-16)26-19-10-9-17(12-22-19)23-20(25)24-13-15(2)27-21(3,4)14-24/h6-12,15H,5,13-14H2,1-4H3,(H,23,25). The highest BCUT2D eigenvalue weighted by molar-refractivity contribution is 5.89. The molecule has 6 heteroatoms. The van der Waals surface area contributed by atoms with E-state index < -0.39 is 0 Å². The molecular weight excluding hydrogens is 342 g/mol. The van der Waals surface area contributed by atoms with Crippen LogP contribution in [0.15, 0.2) is 42.6 Å². The number of hydrogen-bond donors (Lipinski definition) is 1. The van der Waals surface area contributed by atoms with Gasteiger partial charge >= 0.3 is 6.03 Å². The number of amides is 2. The number of nitrogens with zero attached hydrogens (tertiary/aromatic N) is 2. The number of morpholine rings is 1. The number of ether oxygens (including phenoxy) is 2. The summed E-state index contributed by atoms with van der Waals surface area (Å²) in [5, 5.41) is 2.89. The number of aryl methyl sites for hydroxylation is 1. The fourth-order valence-corrected chi connectivity index (χ4v) is 3.28. The Morgan fingerprint density at radius 1 is 1.37 bits per heavy atom. The minimum atomic E-state index is -0.349. The topological polar surface area (TPSA) is 63.7 Å². The summed E-state index contributed by atoms with van der Waals surface area (Å²) < 4.78 is 11.6. The SMILES string of the molecule is CCc1cccc(Oc2ccc(NC(=O)N3CC(C)OC(C)(C)C3)cn2)c1. The van der Waals surface area contributed by atoms with E-state index in [1.165, 1.54) is 5.56 Å². The third-order valence-electron chi connectivity index (χ3n) is 4.37. The van der Waals surface area contributed by atoms with E-state index in [2.05, 4.69) is 23.3 Å². The molecule has 0 spiro atoms. The number of benzene rings is 1. The van der Waals surface area contributed by atoms with Crippen molar-refractivity contribution in [1.82, 2.24) is 9.88 Å². The molecule has 2 aromatic rings. The van der Waals surface area contributed by atoms with Crippen LogP contribution in [0.3, 0.4) is 0 Å². The molecular formula is C21H27N3O3. The van der Waals surface area contributed by atoms with Gasteiger partial charge in [-0.2, -0.15) is 0 Å². The van der Waals surface area contributed by atoms with Crippen LogP contribution in [-0.4, -0.2) is 40.7 Å². The van der Waals surface area contributed by atoms with E-state index in [0.29, 0.717) is 24.7 Å². The predicted octanol–water partition coefficient (Wildman–Crippen LogP) is 4.47. The average molecular weight is 369 g/mol. The Hall–Kier alpha value is -2.60. The van der Waals surface area contributed by atoms with E-state index in [9.17, 15) is 4.79 Å². The molecule has 3 rings (SSSR count). The molecule has 2 amide bonds. The Morgan fingerprint density at radius 2 is 2.19 bits per heavy atom. The molecule has 144 valence electrons. The van der Waals surface area contributed by atoms with Gasteiger partial charge in [-0.15, -0.1) is 0 Å². The first-order valence-corrected chi connectivity index (χ1v) is 9.31. The van der Waals surface area contributed by atoms with E-state index in [-0.39, 0.29) is 17.7 Å². The maximum Gasteiger partial charge on any atom is 0.322 e. The van der Waals surface area contributed by atoms with Crippen molar-refractivity contribution in [2.75, 3.05) is 18.4 Å². The van der Waals surface area contributed by atoms with E-state index in [1.54, 1.807) is 23.2 Å². The van der Waals surface area contributed by atoms with E-state index >= 15 is 0 Å². The van der Waals surface area contributed by atoms with Crippen LogP contribution in [0.5, 0.6) is 11.6 Å². The normalized spacial score (nSPS) is 18.8. The lowest BCUT2D eigenvalue weighted by Gasteiger charge is -2.41. The van der Waals surface area contributed by atoms with Crippen molar-refractivity contribution in [3.05, 3.63) is 48.2 Å². The number of urea groups is 1. The van der Waals surface area contributed by atoms with Gasteiger partial charge in [0.2, 0.25) is 5.88 Å². The number of pyridine rings is 1. The number of carbonyl (C=O) groups is 1. The molecule has 1 N–H and O–H groups in total. The maximum atomic E-state index is 12.5. The summed E-state index contributed by atoms with van der Waals surface area (Å²) in [5.41, 5.74) is 1.49. The van der Waals surface area contributed by atoms with Gasteiger partial charge in [0.25, 0.3) is 0 Å². The Bertz CT molecular complexity index is 790. The summed E-state index contributed by atoms with van der Waals surface area (Å²) in [4.78, 5) is 18.6. The molecule has 1 aliphatic heterocycles. The van der Waals surface area contributed by atoms with Gasteiger partial charge in [-0.05, 0) is 51.0 Å². The quantitative estimate of drug-likeness (QED) is 0.864. The molecule has 1 aromatic carbocycles. The molecule has 6 nitrogen and oxygen atoms in total. The van der Waals surface area contributed by atoms with E-state index in [1.807, 2.05) is 39.0 Å². The molecule has 27 heavy (non-hydrogen) atoms. The van der Waals surface area contributed by atoms with E-state index in [4.69, 9.17) is 9.47 Å². The minimum absolute atomic E-state index is 0.00675. The number of aromatic nitrogens is 1. The van der Waals surface area contributed by atoms with Crippen LogP contribution < -0.4 is 10.1 Å². The van der Waals surface area contributed by atoms with Crippen LogP contribution in [0.2, 0.25) is 0 Å². The van der Waals surface area contributed by atoms with Crippen molar-refractivity contribution in [3.8, 4) is 11.6 Å². The molecule has 0 radical (unpaired) electrons. The lowest BCUT2D eigenvalue weighted by atomic mass is 10.1. The molecule has 2 heterocycles. The number of carbonyl (C=O) groups excluding carboxylic acids is 1. The highest BCUT2D eigenvalue weighted by Crippen LogP contribution is 2.23. The Kier molecular flexibility index (Phi) is 5.65. The van der Waals surface area contributed by atoms with Crippen LogP contribution in [0.25, 0.3) is 0 Å². The summed E-state index contributed by atoms with van der Waals surface area (Å²) in [6, 6.07) is 11.3. The number of rotatable bonds is 4. The lowest BCUT2D eigenvalue weighted by Crippen LogP contribution is -2.54. The number of hydrogen-bond acceptors (Lipinski definition) is 4. The van der Waals surface area contributed by atoms with Crippen molar-refractivity contribution < 1.29 is 14.3 Å². The number of nitrogens with one attached hydrogen (secondary N) is 1. The van der Waals surface area contributed by atoms with Gasteiger partial charge in [0.1, 0.15) is 5.75 Å². The fraction of sp³-hybridized carbons (Fsp3) is 0.429. The molecule has 0 aliphatic carbocycles. The van der Waals surface area contributed by atoms with Gasteiger partial charge in [-0.1, -0.05) is 19.1 Å². The Labute approximate surface area is 160 Å². The van der Waals surface area contributed by atoms with Crippen LogP contribution in [0, 0.1) is 0 Å². The minimum Gasteiger partial charge on any atom is -0.439 e. The molecule has 0 bridgehead atoms. The smallest absolute Gasteiger partial charge is 0.322 e. The van der Waals surface area contributed by atoms with Crippen LogP contribution >= 0.6 is 0 Å². The zero-order valence-electron chi connectivity index (χ0n) is 16.4. The largest absolute Gasteiger partial charge is 0.439 e. The van der Waals surface area contributed by atoms with Crippen molar-refractivity contribution in [2.45, 2.75) is 45.8 Å². The monoisotopic (exact) mass is 369 g/mol. The Balaban J connectivity index is 1.61. The fourth-order valence-electron chi connectivity index (χ4n) is 3.28. The van der Waals surface area contributed by atoms with Crippen LogP contribution in [0.1, 0.15) is 33.3 Å². The second kappa shape index (κ2) is 7.96. The molecule has 0 saturated carbocycles. The van der Waals surface area contributed by atoms with Gasteiger partial charge in [-0.25, -0.2) is 9.78 Å². The molecule has 1 aromatic heterocycles. The molecule has 1 aliphatic rings. The molecule has 1 fully saturated rings. The van der Waals surface area contributed by atoms with Crippen molar-refractivity contribution >= 4 is 11.7 Å². The van der Waals surface area contributed by atoms with Gasteiger partial charge < -0.3 is 19.7 Å². The van der Waals surface area contributed by atoms with Gasteiger partial charge in [0.15, 0.2) is 0 Å². The van der Waals surface area contributed by atoms with Gasteiger partial charge in [-0.3, -0.25) is 0 Å². The van der Waals surface area contributed by atoms with Crippen molar-refractivity contribution in [3.63, 3.8) is 0 Å². The van der Waals surface area contributed by atoms with Crippen molar-refractivity contribution in [1.29, 1.82) is 0 Å². The van der Waals surface area contributed by atoms with Gasteiger partial charge in [0, 0.05) is 12.6 Å². The molecule has 1 unspecified atom stereocenters. The Morgan fingerprint density at radius 3 is 2.85 bits per heavy atom. The summed E-state index contributed by atoms with van der Waals surface area (Å²) >= 11 is 0. The zero-order chi connectivity index (χ0) is 19.4. The first kappa shape index (κ1) is 19.2. The first-order valence-electron chi connectivity index (χ1n) is 9.31. The number of anilines is 1. The third-order valence-corrected chi connectivity index (χ3v) is 4.37. The second-order valence-corrected chi connectivity index (χ2v) is 7.49. The average Bonchev–Trinajstić information content (AvgIpc) is 2.62.